The molecule has 3 rings (SSSR count). The molecule has 198 valence electrons. The molecule has 3 N–H and O–H groups in total. The first-order valence-corrected chi connectivity index (χ1v) is 11.8. The number of nitrogens with one attached hydrogen (secondary N) is 3. The average molecular weight is 573 g/mol. The van der Waals surface area contributed by atoms with Crippen molar-refractivity contribution in [3.8, 4) is 17.6 Å². The number of fused-ring (bicyclic) bond motifs is 1. The summed E-state index contributed by atoms with van der Waals surface area (Å²) >= 11 is 0. The number of methoxy groups -OCH3 is 1. The van der Waals surface area contributed by atoms with Crippen molar-refractivity contribution in [2.24, 2.45) is 0 Å². The zero-order valence-electron chi connectivity index (χ0n) is 22.1. The molecule has 0 saturated carbocycles. The van der Waals surface area contributed by atoms with Crippen LogP contribution in [0.2, 0.25) is 0 Å². The van der Waals surface area contributed by atoms with Crippen LogP contribution in [0.25, 0.3) is 0 Å². The van der Waals surface area contributed by atoms with Gasteiger partial charge in [0.1, 0.15) is 23.9 Å². The van der Waals surface area contributed by atoms with Gasteiger partial charge < -0.3 is 25.0 Å². The number of hydrogen-bond donors (Lipinski definition) is 3. The molecule has 2 aromatic carbocycles. The van der Waals surface area contributed by atoms with Crippen molar-refractivity contribution in [2.45, 2.75) is 39.7 Å². The molecule has 1 aliphatic heterocycles. The normalized spacial score (nSPS) is 12.2. The number of rotatable bonds is 9. The van der Waals surface area contributed by atoms with E-state index in [0.29, 0.717) is 47.0 Å². The van der Waals surface area contributed by atoms with Crippen molar-refractivity contribution in [3.63, 3.8) is 0 Å². The lowest BCUT2D eigenvalue weighted by Gasteiger charge is -2.25. The molecule has 0 aliphatic carbocycles. The summed E-state index contributed by atoms with van der Waals surface area (Å²) < 4.78 is 11.3. The number of anilines is 1. The van der Waals surface area contributed by atoms with E-state index < -0.39 is 0 Å². The number of nitriles is 1. The Morgan fingerprint density at radius 3 is 2.49 bits per heavy atom. The van der Waals surface area contributed by atoms with Crippen LogP contribution in [0.4, 0.5) is 5.69 Å². The fourth-order valence-electron chi connectivity index (χ4n) is 4.25. The number of carbonyl (C=O) groups is 2. The van der Waals surface area contributed by atoms with Gasteiger partial charge in [-0.3, -0.25) is 15.0 Å². The quantitative estimate of drug-likeness (QED) is 0.302. The lowest BCUT2D eigenvalue weighted by molar-refractivity contribution is 0.0953. The fraction of sp³-hybridized carbons (Fsp3) is 0.407. The highest BCUT2D eigenvalue weighted by atomic mass is 79.9. The van der Waals surface area contributed by atoms with E-state index in [4.69, 9.17) is 20.1 Å². The number of hydrogen-bond acceptors (Lipinski definition) is 7. The van der Waals surface area contributed by atoms with E-state index in [-0.39, 0.29) is 53.0 Å². The van der Waals surface area contributed by atoms with Gasteiger partial charge in [0.15, 0.2) is 5.78 Å². The molecule has 0 atom stereocenters. The molecule has 0 aromatic heterocycles. The van der Waals surface area contributed by atoms with Gasteiger partial charge in [-0.2, -0.15) is 5.26 Å². The number of carbonyl (C=O) groups excluding carboxylic acids is 2. The van der Waals surface area contributed by atoms with Crippen LogP contribution in [0, 0.1) is 16.7 Å². The van der Waals surface area contributed by atoms with Crippen molar-refractivity contribution >= 4 is 40.2 Å². The predicted molar refractivity (Wildman–Crippen MR) is 149 cm³/mol. The van der Waals surface area contributed by atoms with Crippen LogP contribution in [-0.4, -0.2) is 56.3 Å². The number of amides is 1. The van der Waals surface area contributed by atoms with Crippen LogP contribution in [0.5, 0.6) is 11.5 Å². The van der Waals surface area contributed by atoms with E-state index in [1.54, 1.807) is 37.3 Å². The number of ketones is 1. The van der Waals surface area contributed by atoms with Gasteiger partial charge in [0.05, 0.1) is 37.6 Å². The van der Waals surface area contributed by atoms with Crippen LogP contribution < -0.4 is 20.1 Å². The van der Waals surface area contributed by atoms with Crippen molar-refractivity contribution < 1.29 is 19.1 Å². The largest absolute Gasteiger partial charge is 0.494 e. The van der Waals surface area contributed by atoms with Gasteiger partial charge in [-0.1, -0.05) is 20.8 Å². The minimum Gasteiger partial charge on any atom is -0.494 e. The van der Waals surface area contributed by atoms with Gasteiger partial charge >= 0.3 is 0 Å². The summed E-state index contributed by atoms with van der Waals surface area (Å²) in [5.74, 6) is 0.765. The van der Waals surface area contributed by atoms with Gasteiger partial charge in [0.2, 0.25) is 0 Å². The summed E-state index contributed by atoms with van der Waals surface area (Å²) in [4.78, 5) is 27.5. The molecule has 2 aromatic rings. The molecule has 0 bridgehead atoms. The SMILES string of the molecule is Br.CCOc1cc2c(cc1C(=O)NC)C(=N)N(CC(=O)c1cc(NCC#N)c(OC)c(C(C)(C)C)c1)C2. The lowest BCUT2D eigenvalue weighted by Crippen LogP contribution is -2.30. The highest BCUT2D eigenvalue weighted by Gasteiger charge is 2.30. The maximum absolute atomic E-state index is 13.4. The van der Waals surface area contributed by atoms with Crippen LogP contribution in [-0.2, 0) is 12.0 Å². The van der Waals surface area contributed by atoms with Gasteiger partial charge in [-0.25, -0.2) is 0 Å². The van der Waals surface area contributed by atoms with Gasteiger partial charge in [-0.05, 0) is 42.2 Å². The summed E-state index contributed by atoms with van der Waals surface area (Å²) in [6.45, 7) is 8.74. The third-order valence-electron chi connectivity index (χ3n) is 6.02. The minimum atomic E-state index is -0.312. The second-order valence-corrected chi connectivity index (χ2v) is 9.51. The Morgan fingerprint density at radius 2 is 1.92 bits per heavy atom. The van der Waals surface area contributed by atoms with E-state index in [1.807, 2.05) is 33.8 Å². The molecule has 9 nitrogen and oxygen atoms in total. The van der Waals surface area contributed by atoms with Crippen LogP contribution in [0.15, 0.2) is 24.3 Å². The molecule has 0 spiro atoms. The van der Waals surface area contributed by atoms with Gasteiger partial charge in [0.25, 0.3) is 5.91 Å². The van der Waals surface area contributed by atoms with Crippen molar-refractivity contribution in [1.82, 2.24) is 10.2 Å². The number of halogens is 1. The first kappa shape index (κ1) is 29.6. The topological polar surface area (TPSA) is 128 Å². The van der Waals surface area contributed by atoms with Crippen molar-refractivity contribution in [2.75, 3.05) is 39.2 Å². The van der Waals surface area contributed by atoms with E-state index in [1.165, 1.54) is 0 Å². The number of amidine groups is 1. The maximum Gasteiger partial charge on any atom is 0.254 e. The molecule has 37 heavy (non-hydrogen) atoms. The third-order valence-corrected chi connectivity index (χ3v) is 6.02. The average Bonchev–Trinajstić information content (AvgIpc) is 3.14. The Kier molecular flexibility index (Phi) is 9.70. The molecule has 1 aliphatic rings. The van der Waals surface area contributed by atoms with E-state index in [2.05, 4.69) is 16.7 Å². The van der Waals surface area contributed by atoms with Crippen molar-refractivity contribution in [3.05, 3.63) is 52.1 Å². The Bertz CT molecular complexity index is 1250. The van der Waals surface area contributed by atoms with E-state index in [0.717, 1.165) is 11.1 Å². The first-order chi connectivity index (χ1) is 17.0. The number of Topliss-reactive ketones (excluding diaryl/α,β-unsaturated/α-hetero) is 1. The molecule has 1 amide bonds. The smallest absolute Gasteiger partial charge is 0.254 e. The summed E-state index contributed by atoms with van der Waals surface area (Å²) in [5.41, 5.74) is 3.35. The minimum absolute atomic E-state index is 0. The fourth-order valence-corrected chi connectivity index (χ4v) is 4.25. The molecule has 10 heteroatoms. The number of benzene rings is 2. The lowest BCUT2D eigenvalue weighted by atomic mass is 9.84. The molecular formula is C27H34BrN5O4. The highest BCUT2D eigenvalue weighted by molar-refractivity contribution is 8.93. The zero-order valence-corrected chi connectivity index (χ0v) is 23.8. The van der Waals surface area contributed by atoms with Crippen LogP contribution >= 0.6 is 17.0 Å². The Morgan fingerprint density at radius 1 is 1.22 bits per heavy atom. The van der Waals surface area contributed by atoms with E-state index >= 15 is 0 Å². The molecule has 0 unspecified atom stereocenters. The Labute approximate surface area is 228 Å². The highest BCUT2D eigenvalue weighted by Crippen LogP contribution is 2.38. The van der Waals surface area contributed by atoms with E-state index in [9.17, 15) is 9.59 Å². The summed E-state index contributed by atoms with van der Waals surface area (Å²) in [5, 5.41) is 23.4. The monoisotopic (exact) mass is 571 g/mol. The standard InChI is InChI=1S/C27H33N5O4.BrH/c1-7-36-23-12-17-14-32(25(29)18(17)13-19(23)26(34)30-5)15-22(33)16-10-20(27(2,3)4)24(35-6)21(11-16)31-9-8-28;/h10-13,29,31H,7,9,14-15H2,1-6H3,(H,30,34);1H. The van der Waals surface area contributed by atoms with Crippen LogP contribution in [0.3, 0.4) is 0 Å². The summed E-state index contributed by atoms with van der Waals surface area (Å²) in [7, 11) is 3.11. The second-order valence-electron chi connectivity index (χ2n) is 9.51. The molecule has 0 saturated heterocycles. The first-order valence-electron chi connectivity index (χ1n) is 11.8. The number of ether oxygens (including phenoxy) is 2. The predicted octanol–water partition coefficient (Wildman–Crippen LogP) is 4.29. The zero-order chi connectivity index (χ0) is 26.6. The number of nitrogens with zero attached hydrogens (tertiary/aromatic N) is 2. The third kappa shape index (κ3) is 6.23. The van der Waals surface area contributed by atoms with Crippen LogP contribution in [0.1, 0.15) is 65.1 Å². The molecule has 1 heterocycles. The Balaban J connectivity index is 0.00000481. The Hall–Kier alpha value is -3.58. The second kappa shape index (κ2) is 12.1. The van der Waals surface area contributed by atoms with Gasteiger partial charge in [-0.15, -0.1) is 17.0 Å². The molecule has 0 radical (unpaired) electrons. The van der Waals surface area contributed by atoms with Crippen molar-refractivity contribution in [1.29, 1.82) is 10.7 Å². The molecule has 0 fully saturated rings. The maximum atomic E-state index is 13.4. The summed E-state index contributed by atoms with van der Waals surface area (Å²) in [6.07, 6.45) is 0. The van der Waals surface area contributed by atoms with Gasteiger partial charge in [0, 0.05) is 30.3 Å². The summed E-state index contributed by atoms with van der Waals surface area (Å²) in [6, 6.07) is 9.00. The molecular weight excluding hydrogens is 538 g/mol.